The van der Waals surface area contributed by atoms with Crippen LogP contribution in [0, 0.1) is 0 Å². The van der Waals surface area contributed by atoms with Crippen LogP contribution in [0.25, 0.3) is 6.08 Å². The monoisotopic (exact) mass is 544 g/mol. The van der Waals surface area contributed by atoms with Gasteiger partial charge in [0.25, 0.3) is 11.8 Å². The van der Waals surface area contributed by atoms with Crippen molar-refractivity contribution in [2.24, 2.45) is 0 Å². The van der Waals surface area contributed by atoms with Crippen molar-refractivity contribution < 1.29 is 23.9 Å². The molecule has 4 rings (SSSR count). The van der Waals surface area contributed by atoms with Crippen molar-refractivity contribution in [1.29, 1.82) is 0 Å². The number of benzene rings is 3. The van der Waals surface area contributed by atoms with Crippen molar-refractivity contribution in [3.8, 4) is 11.5 Å². The Morgan fingerprint density at radius 3 is 2.36 bits per heavy atom. The summed E-state index contributed by atoms with van der Waals surface area (Å²) in [5, 5.41) is 3.24. The fourth-order valence-corrected chi connectivity index (χ4v) is 4.01. The van der Waals surface area contributed by atoms with Crippen LogP contribution < -0.4 is 19.7 Å². The molecule has 36 heavy (non-hydrogen) atoms. The lowest BCUT2D eigenvalue weighted by Gasteiger charge is -2.27. The topological polar surface area (TPSA) is 84.9 Å². The molecule has 1 saturated heterocycles. The zero-order chi connectivity index (χ0) is 25.8. The molecule has 0 saturated carbocycles. The summed E-state index contributed by atoms with van der Waals surface area (Å²) in [5.41, 5.74) is 1.24. The first-order valence-electron chi connectivity index (χ1n) is 10.8. The average molecular weight is 546 g/mol. The number of carbonyl (C=O) groups excluding carboxylic acids is 3. The van der Waals surface area contributed by atoms with Gasteiger partial charge in [-0.3, -0.25) is 14.9 Å². The molecule has 0 aromatic heterocycles. The van der Waals surface area contributed by atoms with Crippen LogP contribution in [0.5, 0.6) is 11.5 Å². The van der Waals surface area contributed by atoms with Crippen LogP contribution >= 0.6 is 34.8 Å². The zero-order valence-electron chi connectivity index (χ0n) is 18.9. The summed E-state index contributed by atoms with van der Waals surface area (Å²) in [5.74, 6) is -0.743. The van der Waals surface area contributed by atoms with Crippen LogP contribution in [-0.2, 0) is 16.2 Å². The number of barbiturate groups is 1. The molecule has 1 aliphatic rings. The van der Waals surface area contributed by atoms with Gasteiger partial charge in [-0.1, -0.05) is 59.1 Å². The van der Waals surface area contributed by atoms with Gasteiger partial charge in [-0.2, -0.15) is 0 Å². The van der Waals surface area contributed by atoms with E-state index in [-0.39, 0.29) is 22.9 Å². The number of hydrogen-bond donors (Lipinski definition) is 1. The SMILES string of the molecule is CCOc1cc(/C=C2\C(=O)NC(=O)N(c3ccccc3Cl)C2=O)ccc1OCc1ccc(Cl)c(Cl)c1. The van der Waals surface area contributed by atoms with Crippen LogP contribution in [0.15, 0.2) is 66.2 Å². The predicted octanol–water partition coefficient (Wildman–Crippen LogP) is 6.29. The number of imide groups is 2. The molecule has 10 heteroatoms. The van der Waals surface area contributed by atoms with E-state index in [1.54, 1.807) is 54.6 Å². The van der Waals surface area contributed by atoms with Crippen LogP contribution in [0.2, 0.25) is 15.1 Å². The van der Waals surface area contributed by atoms with Gasteiger partial charge in [0.05, 0.1) is 27.4 Å². The molecule has 184 valence electrons. The van der Waals surface area contributed by atoms with Crippen molar-refractivity contribution in [3.05, 3.63) is 92.4 Å². The number of para-hydroxylation sites is 1. The first kappa shape index (κ1) is 25.6. The number of anilines is 1. The minimum atomic E-state index is -0.878. The van der Waals surface area contributed by atoms with Crippen molar-refractivity contribution >= 4 is 64.4 Å². The van der Waals surface area contributed by atoms with Gasteiger partial charge >= 0.3 is 6.03 Å². The number of halogens is 3. The van der Waals surface area contributed by atoms with E-state index in [0.717, 1.165) is 10.5 Å². The molecule has 0 aliphatic carbocycles. The summed E-state index contributed by atoms with van der Waals surface area (Å²) in [6.07, 6.45) is 1.37. The molecule has 0 atom stereocenters. The molecule has 1 N–H and O–H groups in total. The first-order valence-corrected chi connectivity index (χ1v) is 11.9. The highest BCUT2D eigenvalue weighted by Crippen LogP contribution is 2.32. The Morgan fingerprint density at radius 1 is 0.861 bits per heavy atom. The average Bonchev–Trinajstić information content (AvgIpc) is 2.84. The Balaban J connectivity index is 1.61. The summed E-state index contributed by atoms with van der Waals surface area (Å²) in [4.78, 5) is 38.9. The normalized spacial score (nSPS) is 14.7. The molecule has 0 spiro atoms. The second-order valence-corrected chi connectivity index (χ2v) is 8.81. The maximum Gasteiger partial charge on any atom is 0.335 e. The highest BCUT2D eigenvalue weighted by atomic mass is 35.5. The van der Waals surface area contributed by atoms with Crippen molar-refractivity contribution in [3.63, 3.8) is 0 Å². The smallest absolute Gasteiger partial charge is 0.335 e. The fraction of sp³-hybridized carbons (Fsp3) is 0.115. The number of ether oxygens (including phenoxy) is 2. The second-order valence-electron chi connectivity index (χ2n) is 7.59. The second kappa shape index (κ2) is 11.0. The third kappa shape index (κ3) is 5.49. The molecule has 0 radical (unpaired) electrons. The molecule has 3 aromatic carbocycles. The van der Waals surface area contributed by atoms with Crippen LogP contribution in [-0.4, -0.2) is 24.5 Å². The van der Waals surface area contributed by atoms with Crippen molar-refractivity contribution in [2.45, 2.75) is 13.5 Å². The highest BCUT2D eigenvalue weighted by Gasteiger charge is 2.37. The molecule has 0 bridgehead atoms. The number of carbonyl (C=O) groups is 3. The Hall–Kier alpha value is -3.52. The van der Waals surface area contributed by atoms with E-state index in [4.69, 9.17) is 44.3 Å². The van der Waals surface area contributed by atoms with Crippen molar-refractivity contribution in [1.82, 2.24) is 5.32 Å². The maximum atomic E-state index is 13.1. The lowest BCUT2D eigenvalue weighted by atomic mass is 10.1. The van der Waals surface area contributed by atoms with Gasteiger partial charge < -0.3 is 9.47 Å². The number of urea groups is 1. The summed E-state index contributed by atoms with van der Waals surface area (Å²) in [6, 6.07) is 15.6. The Bertz CT molecular complexity index is 1390. The predicted molar refractivity (Wildman–Crippen MR) is 139 cm³/mol. The van der Waals surface area contributed by atoms with E-state index in [1.165, 1.54) is 12.1 Å². The lowest BCUT2D eigenvalue weighted by molar-refractivity contribution is -0.122. The minimum absolute atomic E-state index is 0.168. The first-order chi connectivity index (χ1) is 17.3. The van der Waals surface area contributed by atoms with Crippen LogP contribution in [0.3, 0.4) is 0 Å². The molecule has 3 aromatic rings. The quantitative estimate of drug-likeness (QED) is 0.279. The molecule has 1 fully saturated rings. The number of hydrogen-bond acceptors (Lipinski definition) is 5. The molecule has 0 unspecified atom stereocenters. The third-order valence-corrected chi connectivity index (χ3v) is 6.21. The molecule has 4 amide bonds. The number of nitrogens with zero attached hydrogens (tertiary/aromatic N) is 1. The fourth-order valence-electron chi connectivity index (χ4n) is 3.47. The van der Waals surface area contributed by atoms with Gasteiger partial charge in [0.15, 0.2) is 11.5 Å². The Kier molecular flexibility index (Phi) is 7.84. The van der Waals surface area contributed by atoms with E-state index in [9.17, 15) is 14.4 Å². The van der Waals surface area contributed by atoms with E-state index in [0.29, 0.717) is 33.7 Å². The molecular formula is C26H19Cl3N2O5. The number of nitrogens with one attached hydrogen (secondary N) is 1. The van der Waals surface area contributed by atoms with E-state index in [2.05, 4.69) is 5.32 Å². The van der Waals surface area contributed by atoms with Crippen molar-refractivity contribution in [2.75, 3.05) is 11.5 Å². The molecule has 7 nitrogen and oxygen atoms in total. The van der Waals surface area contributed by atoms with E-state index < -0.39 is 17.8 Å². The molecule has 1 heterocycles. The largest absolute Gasteiger partial charge is 0.490 e. The van der Waals surface area contributed by atoms with Gasteiger partial charge in [-0.05, 0) is 60.5 Å². The van der Waals surface area contributed by atoms with Crippen LogP contribution in [0.1, 0.15) is 18.1 Å². The summed E-state index contributed by atoms with van der Waals surface area (Å²) in [6.45, 7) is 2.39. The highest BCUT2D eigenvalue weighted by molar-refractivity contribution is 6.42. The third-order valence-electron chi connectivity index (χ3n) is 5.15. The van der Waals surface area contributed by atoms with Gasteiger partial charge in [0, 0.05) is 0 Å². The Labute approximate surface area is 222 Å². The van der Waals surface area contributed by atoms with Gasteiger partial charge in [0.1, 0.15) is 12.2 Å². The van der Waals surface area contributed by atoms with Gasteiger partial charge in [-0.25, -0.2) is 9.69 Å². The molecule has 1 aliphatic heterocycles. The number of amides is 4. The van der Waals surface area contributed by atoms with E-state index in [1.807, 2.05) is 6.92 Å². The minimum Gasteiger partial charge on any atom is -0.490 e. The zero-order valence-corrected chi connectivity index (χ0v) is 21.2. The Morgan fingerprint density at radius 2 is 1.64 bits per heavy atom. The maximum absolute atomic E-state index is 13.1. The summed E-state index contributed by atoms with van der Waals surface area (Å²) >= 11 is 18.2. The van der Waals surface area contributed by atoms with Gasteiger partial charge in [-0.15, -0.1) is 0 Å². The lowest BCUT2D eigenvalue weighted by Crippen LogP contribution is -2.54. The standard InChI is InChI=1S/C26H19Cl3N2O5/c1-2-35-23-13-15(8-10-22(23)36-14-16-7-9-18(27)20(29)12-16)11-17-24(32)30-26(34)31(25(17)33)21-6-4-3-5-19(21)28/h3-13H,2,14H2,1H3,(H,30,32,34)/b17-11+. The summed E-state index contributed by atoms with van der Waals surface area (Å²) in [7, 11) is 0. The number of rotatable bonds is 7. The summed E-state index contributed by atoms with van der Waals surface area (Å²) < 4.78 is 11.6. The van der Waals surface area contributed by atoms with E-state index >= 15 is 0 Å². The van der Waals surface area contributed by atoms with Crippen LogP contribution in [0.4, 0.5) is 10.5 Å². The van der Waals surface area contributed by atoms with Gasteiger partial charge in [0.2, 0.25) is 0 Å². The molecular weight excluding hydrogens is 527 g/mol.